The smallest absolute Gasteiger partial charge is 0.339 e. The second-order valence-electron chi connectivity index (χ2n) is 3.47. The largest absolute Gasteiger partial charge is 0.478 e. The number of carboxylic acid groups (broad SMARTS) is 1. The molecule has 0 aliphatic heterocycles. The lowest BCUT2D eigenvalue weighted by Gasteiger charge is -2.06. The minimum atomic E-state index is -0.934. The Morgan fingerprint density at radius 1 is 1.76 bits per heavy atom. The first-order valence-electron chi connectivity index (χ1n) is 5.30. The summed E-state index contributed by atoms with van der Waals surface area (Å²) in [6, 6.07) is 0. The highest BCUT2D eigenvalue weighted by Crippen LogP contribution is 2.07. The summed E-state index contributed by atoms with van der Waals surface area (Å²) in [4.78, 5) is 10.9. The minimum Gasteiger partial charge on any atom is -0.478 e. The summed E-state index contributed by atoms with van der Waals surface area (Å²) in [5, 5.41) is 16.1. The zero-order valence-corrected chi connectivity index (χ0v) is 10.7. The van der Waals surface area contributed by atoms with E-state index in [4.69, 9.17) is 5.11 Å². The van der Waals surface area contributed by atoms with E-state index in [0.717, 1.165) is 18.1 Å². The van der Waals surface area contributed by atoms with E-state index < -0.39 is 5.97 Å². The molecular weight excluding hydrogens is 238 g/mol. The van der Waals surface area contributed by atoms with Crippen LogP contribution in [-0.4, -0.2) is 38.9 Å². The highest BCUT2D eigenvalue weighted by Gasteiger charge is 2.13. The number of thioether (sulfide) groups is 1. The number of nitrogens with one attached hydrogen (secondary N) is 1. The average Bonchev–Trinajstić information content (AvgIpc) is 2.65. The van der Waals surface area contributed by atoms with Gasteiger partial charge < -0.3 is 10.4 Å². The van der Waals surface area contributed by atoms with Crippen LogP contribution in [0.3, 0.4) is 0 Å². The Bertz CT molecular complexity index is 390. The van der Waals surface area contributed by atoms with Crippen molar-refractivity contribution in [2.45, 2.75) is 6.54 Å². The van der Waals surface area contributed by atoms with E-state index in [1.54, 1.807) is 23.5 Å². The van der Waals surface area contributed by atoms with Crippen LogP contribution in [0.4, 0.5) is 0 Å². The summed E-state index contributed by atoms with van der Waals surface area (Å²) >= 11 is 1.79. The van der Waals surface area contributed by atoms with Crippen LogP contribution < -0.4 is 5.32 Å². The van der Waals surface area contributed by atoms with Gasteiger partial charge in [-0.1, -0.05) is 6.08 Å². The average molecular weight is 255 g/mol. The van der Waals surface area contributed by atoms with Gasteiger partial charge in [0, 0.05) is 31.6 Å². The summed E-state index contributed by atoms with van der Waals surface area (Å²) < 4.78 is 1.59. The van der Waals surface area contributed by atoms with Crippen LogP contribution in [0.2, 0.25) is 0 Å². The Morgan fingerprint density at radius 2 is 2.53 bits per heavy atom. The van der Waals surface area contributed by atoms with Crippen LogP contribution in [-0.2, 0) is 13.6 Å². The molecule has 0 atom stereocenters. The SMILES string of the molecule is C=CCSCCNCc1c(C(=O)O)cnn1C. The van der Waals surface area contributed by atoms with Gasteiger partial charge in [-0.25, -0.2) is 4.79 Å². The quantitative estimate of drug-likeness (QED) is 0.538. The molecule has 0 unspecified atom stereocenters. The van der Waals surface area contributed by atoms with Crippen LogP contribution in [0, 0.1) is 0 Å². The molecule has 17 heavy (non-hydrogen) atoms. The molecule has 0 spiro atoms. The topological polar surface area (TPSA) is 67.2 Å². The van der Waals surface area contributed by atoms with Crippen LogP contribution in [0.25, 0.3) is 0 Å². The van der Waals surface area contributed by atoms with Crippen molar-refractivity contribution in [1.82, 2.24) is 15.1 Å². The Morgan fingerprint density at radius 3 is 3.18 bits per heavy atom. The fourth-order valence-corrected chi connectivity index (χ4v) is 1.99. The van der Waals surface area contributed by atoms with Crippen molar-refractivity contribution < 1.29 is 9.90 Å². The molecule has 1 heterocycles. The van der Waals surface area contributed by atoms with Gasteiger partial charge in [0.1, 0.15) is 5.56 Å². The van der Waals surface area contributed by atoms with Gasteiger partial charge >= 0.3 is 5.97 Å². The molecule has 0 fully saturated rings. The summed E-state index contributed by atoms with van der Waals surface area (Å²) in [5.74, 6) is 0.982. The Kier molecular flexibility index (Phi) is 5.79. The van der Waals surface area contributed by atoms with E-state index in [9.17, 15) is 4.79 Å². The normalized spacial score (nSPS) is 10.4. The van der Waals surface area contributed by atoms with Crippen LogP contribution >= 0.6 is 11.8 Å². The lowest BCUT2D eigenvalue weighted by atomic mass is 10.2. The van der Waals surface area contributed by atoms with Gasteiger partial charge in [0.2, 0.25) is 0 Å². The predicted molar refractivity (Wildman–Crippen MR) is 69.4 cm³/mol. The Hall–Kier alpha value is -1.27. The Balaban J connectivity index is 2.38. The molecule has 0 aliphatic rings. The number of rotatable bonds is 8. The lowest BCUT2D eigenvalue weighted by molar-refractivity contribution is 0.0695. The minimum absolute atomic E-state index is 0.263. The van der Waals surface area contributed by atoms with Crippen molar-refractivity contribution in [3.05, 3.63) is 30.1 Å². The Labute approximate surface area is 105 Å². The summed E-state index contributed by atoms with van der Waals surface area (Å²) in [5.41, 5.74) is 0.963. The van der Waals surface area contributed by atoms with Gasteiger partial charge in [-0.3, -0.25) is 4.68 Å². The lowest BCUT2D eigenvalue weighted by Crippen LogP contribution is -2.20. The van der Waals surface area contributed by atoms with E-state index in [-0.39, 0.29) is 5.56 Å². The summed E-state index contributed by atoms with van der Waals surface area (Å²) in [7, 11) is 1.75. The molecule has 6 heteroatoms. The molecule has 1 rings (SSSR count). The maximum atomic E-state index is 10.9. The van der Waals surface area contributed by atoms with Gasteiger partial charge in [-0.05, 0) is 0 Å². The number of aryl methyl sites for hydroxylation is 1. The van der Waals surface area contributed by atoms with Crippen LogP contribution in [0.1, 0.15) is 16.1 Å². The highest BCUT2D eigenvalue weighted by atomic mass is 32.2. The van der Waals surface area contributed by atoms with E-state index in [1.165, 1.54) is 6.20 Å². The molecular formula is C11H17N3O2S. The third-order valence-corrected chi connectivity index (χ3v) is 3.21. The maximum absolute atomic E-state index is 10.9. The van der Waals surface area contributed by atoms with E-state index in [0.29, 0.717) is 12.2 Å². The first-order chi connectivity index (χ1) is 8.16. The third-order valence-electron chi connectivity index (χ3n) is 2.24. The summed E-state index contributed by atoms with van der Waals surface area (Å²) in [6.07, 6.45) is 3.25. The standard InChI is InChI=1S/C11H17N3O2S/c1-3-5-17-6-4-12-8-10-9(11(15)16)7-13-14(10)2/h3,7,12H,1,4-6,8H2,2H3,(H,15,16). The van der Waals surface area contributed by atoms with Crippen molar-refractivity contribution in [2.75, 3.05) is 18.1 Å². The molecule has 0 saturated carbocycles. The molecule has 0 aromatic carbocycles. The molecule has 2 N–H and O–H groups in total. The second kappa shape index (κ2) is 7.13. The van der Waals surface area contributed by atoms with Crippen LogP contribution in [0.5, 0.6) is 0 Å². The zero-order valence-electron chi connectivity index (χ0n) is 9.85. The monoisotopic (exact) mass is 255 g/mol. The molecule has 0 radical (unpaired) electrons. The van der Waals surface area contributed by atoms with Crippen molar-refractivity contribution in [2.24, 2.45) is 7.05 Å². The maximum Gasteiger partial charge on any atom is 0.339 e. The fourth-order valence-electron chi connectivity index (χ4n) is 1.37. The van der Waals surface area contributed by atoms with Gasteiger partial charge in [0.05, 0.1) is 11.9 Å². The van der Waals surface area contributed by atoms with E-state index in [2.05, 4.69) is 17.0 Å². The molecule has 1 aromatic heterocycles. The first kappa shape index (κ1) is 13.8. The molecule has 5 nitrogen and oxygen atoms in total. The number of nitrogens with zero attached hydrogens (tertiary/aromatic N) is 2. The van der Waals surface area contributed by atoms with Gasteiger partial charge in [-0.2, -0.15) is 16.9 Å². The van der Waals surface area contributed by atoms with E-state index in [1.807, 2.05) is 6.08 Å². The number of aromatic carboxylic acids is 1. The molecule has 0 saturated heterocycles. The second-order valence-corrected chi connectivity index (χ2v) is 4.62. The van der Waals surface area contributed by atoms with Crippen LogP contribution in [0.15, 0.2) is 18.9 Å². The van der Waals surface area contributed by atoms with Crippen molar-refractivity contribution >= 4 is 17.7 Å². The highest BCUT2D eigenvalue weighted by molar-refractivity contribution is 7.99. The number of carboxylic acids is 1. The van der Waals surface area contributed by atoms with E-state index >= 15 is 0 Å². The molecule has 0 aliphatic carbocycles. The molecule has 0 bridgehead atoms. The molecule has 1 aromatic rings. The van der Waals surface area contributed by atoms with Gasteiger partial charge in [0.15, 0.2) is 0 Å². The van der Waals surface area contributed by atoms with Gasteiger partial charge in [0.25, 0.3) is 0 Å². The number of hydrogen-bond acceptors (Lipinski definition) is 4. The number of aromatic nitrogens is 2. The fraction of sp³-hybridized carbons (Fsp3) is 0.455. The zero-order chi connectivity index (χ0) is 12.7. The van der Waals surface area contributed by atoms with Crippen molar-refractivity contribution in [1.29, 1.82) is 0 Å². The molecule has 94 valence electrons. The molecule has 0 amide bonds. The number of hydrogen-bond donors (Lipinski definition) is 2. The van der Waals surface area contributed by atoms with Gasteiger partial charge in [-0.15, -0.1) is 6.58 Å². The predicted octanol–water partition coefficient (Wildman–Crippen LogP) is 1.13. The number of carbonyl (C=O) groups is 1. The van der Waals surface area contributed by atoms with Crippen molar-refractivity contribution in [3.63, 3.8) is 0 Å². The third kappa shape index (κ3) is 4.24. The van der Waals surface area contributed by atoms with Crippen molar-refractivity contribution in [3.8, 4) is 0 Å². The summed E-state index contributed by atoms with van der Waals surface area (Å²) in [6.45, 7) is 5.00. The first-order valence-corrected chi connectivity index (χ1v) is 6.45.